The number of alkyl halides is 3. The van der Waals surface area contributed by atoms with E-state index in [2.05, 4.69) is 15.9 Å². The standard InChI is InChI=1S/C11H7BrF3NO/c12-8-3-1-2-6-7(4-11(13,14)15)9(5-16)17-10(6)8/h2H,1,3-4H2. The van der Waals surface area contributed by atoms with Crippen LogP contribution in [0.1, 0.15) is 24.2 Å². The van der Waals surface area contributed by atoms with Crippen LogP contribution in [0.3, 0.4) is 0 Å². The second-order valence-electron chi connectivity index (χ2n) is 3.70. The minimum absolute atomic E-state index is 0.0633. The molecule has 0 aromatic carbocycles. The van der Waals surface area contributed by atoms with Crippen molar-refractivity contribution in [2.75, 3.05) is 0 Å². The van der Waals surface area contributed by atoms with Crippen LogP contribution < -0.4 is 10.6 Å². The zero-order chi connectivity index (χ0) is 12.6. The maximum atomic E-state index is 12.4. The Morgan fingerprint density at radius 3 is 2.76 bits per heavy atom. The molecule has 1 aliphatic rings. The highest BCUT2D eigenvalue weighted by molar-refractivity contribution is 9.14. The summed E-state index contributed by atoms with van der Waals surface area (Å²) in [7, 11) is 0. The van der Waals surface area contributed by atoms with E-state index in [1.165, 1.54) is 0 Å². The highest BCUT2D eigenvalue weighted by atomic mass is 79.9. The summed E-state index contributed by atoms with van der Waals surface area (Å²) in [5, 5.41) is 9.20. The SMILES string of the molecule is N#Cc1oc2c(c1CC(F)(F)F)=CCCC=2Br. The van der Waals surface area contributed by atoms with Crippen LogP contribution in [-0.2, 0) is 6.42 Å². The lowest BCUT2D eigenvalue weighted by molar-refractivity contribution is -0.127. The van der Waals surface area contributed by atoms with Gasteiger partial charge in [0.25, 0.3) is 0 Å². The molecule has 1 aromatic heterocycles. The van der Waals surface area contributed by atoms with Crippen LogP contribution in [-0.4, -0.2) is 6.18 Å². The van der Waals surface area contributed by atoms with Gasteiger partial charge in [0.2, 0.25) is 5.76 Å². The van der Waals surface area contributed by atoms with Crippen LogP contribution in [0.25, 0.3) is 10.6 Å². The third-order valence-electron chi connectivity index (χ3n) is 2.49. The largest absolute Gasteiger partial charge is 0.444 e. The van der Waals surface area contributed by atoms with E-state index in [1.54, 1.807) is 12.1 Å². The zero-order valence-corrected chi connectivity index (χ0v) is 10.2. The maximum absolute atomic E-state index is 12.4. The smallest absolute Gasteiger partial charge is 0.393 e. The van der Waals surface area contributed by atoms with E-state index in [-0.39, 0.29) is 11.3 Å². The van der Waals surface area contributed by atoms with Gasteiger partial charge in [0.15, 0.2) is 0 Å². The third-order valence-corrected chi connectivity index (χ3v) is 3.24. The molecule has 0 N–H and O–H groups in total. The van der Waals surface area contributed by atoms with E-state index in [0.29, 0.717) is 28.0 Å². The Kier molecular flexibility index (Phi) is 3.04. The van der Waals surface area contributed by atoms with Crippen LogP contribution in [0, 0.1) is 11.3 Å². The van der Waals surface area contributed by atoms with Crippen LogP contribution in [0.2, 0.25) is 0 Å². The van der Waals surface area contributed by atoms with Gasteiger partial charge < -0.3 is 4.42 Å². The molecule has 6 heteroatoms. The Morgan fingerprint density at radius 2 is 2.18 bits per heavy atom. The fraction of sp³-hybridized carbons (Fsp3) is 0.364. The van der Waals surface area contributed by atoms with Crippen molar-refractivity contribution in [3.63, 3.8) is 0 Å². The minimum Gasteiger partial charge on any atom is -0.444 e. The van der Waals surface area contributed by atoms with E-state index in [0.717, 1.165) is 0 Å². The van der Waals surface area contributed by atoms with Gasteiger partial charge in [-0.25, -0.2) is 0 Å². The topological polar surface area (TPSA) is 36.9 Å². The lowest BCUT2D eigenvalue weighted by atomic mass is 10.1. The predicted octanol–water partition coefficient (Wildman–Crippen LogP) is 2.33. The molecular formula is C11H7BrF3NO. The number of fused-ring (bicyclic) bond motifs is 1. The van der Waals surface area contributed by atoms with Crippen molar-refractivity contribution in [1.29, 1.82) is 5.26 Å². The molecule has 0 spiro atoms. The highest BCUT2D eigenvalue weighted by Gasteiger charge is 2.31. The number of hydrogen-bond donors (Lipinski definition) is 0. The van der Waals surface area contributed by atoms with E-state index in [9.17, 15) is 13.2 Å². The van der Waals surface area contributed by atoms with Crippen LogP contribution in [0.15, 0.2) is 4.42 Å². The summed E-state index contributed by atoms with van der Waals surface area (Å²) in [5.74, 6) is -0.248. The van der Waals surface area contributed by atoms with Crippen molar-refractivity contribution in [3.05, 3.63) is 22.0 Å². The lowest BCUT2D eigenvalue weighted by Gasteiger charge is -2.05. The summed E-state index contributed by atoms with van der Waals surface area (Å²) in [6, 6.07) is 1.68. The quantitative estimate of drug-likeness (QED) is 0.798. The second kappa shape index (κ2) is 4.22. The Morgan fingerprint density at radius 1 is 1.47 bits per heavy atom. The van der Waals surface area contributed by atoms with Gasteiger partial charge in [0.1, 0.15) is 11.5 Å². The molecule has 2 rings (SSSR count). The molecule has 0 bridgehead atoms. The predicted molar refractivity (Wildman–Crippen MR) is 58.5 cm³/mol. The molecular weight excluding hydrogens is 299 g/mol. The number of nitriles is 1. The summed E-state index contributed by atoms with van der Waals surface area (Å²) in [6.07, 6.45) is -2.47. The zero-order valence-electron chi connectivity index (χ0n) is 8.57. The first kappa shape index (κ1) is 12.2. The van der Waals surface area contributed by atoms with Crippen LogP contribution in [0.4, 0.5) is 13.2 Å². The molecule has 0 radical (unpaired) electrons. The molecule has 17 heavy (non-hydrogen) atoms. The number of rotatable bonds is 1. The third kappa shape index (κ3) is 2.39. The Hall–Kier alpha value is -1.22. The molecule has 0 amide bonds. The summed E-state index contributed by atoms with van der Waals surface area (Å²) in [6.45, 7) is 0. The van der Waals surface area contributed by atoms with E-state index >= 15 is 0 Å². The molecule has 0 unspecified atom stereocenters. The number of hydrogen-bond acceptors (Lipinski definition) is 2. The first-order chi connectivity index (χ1) is 7.92. The fourth-order valence-electron chi connectivity index (χ4n) is 1.82. The van der Waals surface area contributed by atoms with Gasteiger partial charge in [-0.15, -0.1) is 0 Å². The van der Waals surface area contributed by atoms with Gasteiger partial charge in [-0.1, -0.05) is 22.0 Å². The van der Waals surface area contributed by atoms with Crippen molar-refractivity contribution in [2.45, 2.75) is 25.4 Å². The molecule has 0 aliphatic heterocycles. The molecule has 90 valence electrons. The molecule has 0 atom stereocenters. The molecule has 2 nitrogen and oxygen atoms in total. The van der Waals surface area contributed by atoms with Crippen molar-refractivity contribution in [3.8, 4) is 6.07 Å². The average Bonchev–Trinajstić information content (AvgIpc) is 2.56. The van der Waals surface area contributed by atoms with Gasteiger partial charge in [0, 0.05) is 15.3 Å². The Bertz CT molecular complexity index is 606. The maximum Gasteiger partial charge on any atom is 0.393 e. The van der Waals surface area contributed by atoms with Crippen molar-refractivity contribution >= 4 is 26.5 Å². The van der Waals surface area contributed by atoms with Crippen molar-refractivity contribution in [1.82, 2.24) is 0 Å². The van der Waals surface area contributed by atoms with E-state index in [4.69, 9.17) is 9.68 Å². The molecule has 1 heterocycles. The summed E-state index contributed by atoms with van der Waals surface area (Å²) in [5.41, 5.74) is 0.290. The summed E-state index contributed by atoms with van der Waals surface area (Å²) >= 11 is 3.26. The molecule has 0 fully saturated rings. The molecule has 1 aromatic rings. The van der Waals surface area contributed by atoms with Gasteiger partial charge in [-0.2, -0.15) is 18.4 Å². The van der Waals surface area contributed by atoms with Crippen LogP contribution >= 0.6 is 15.9 Å². The normalized spacial score (nSPS) is 15.1. The van der Waals surface area contributed by atoms with E-state index in [1.807, 2.05) is 0 Å². The summed E-state index contributed by atoms with van der Waals surface area (Å²) < 4.78 is 43.1. The second-order valence-corrected chi connectivity index (χ2v) is 4.66. The number of furan rings is 1. The van der Waals surface area contributed by atoms with Gasteiger partial charge in [-0.3, -0.25) is 0 Å². The highest BCUT2D eigenvalue weighted by Crippen LogP contribution is 2.23. The molecule has 1 aliphatic carbocycles. The van der Waals surface area contributed by atoms with Crippen LogP contribution in [0.5, 0.6) is 0 Å². The van der Waals surface area contributed by atoms with E-state index < -0.39 is 12.6 Å². The van der Waals surface area contributed by atoms with Gasteiger partial charge >= 0.3 is 6.18 Å². The van der Waals surface area contributed by atoms with Crippen molar-refractivity contribution < 1.29 is 17.6 Å². The van der Waals surface area contributed by atoms with Gasteiger partial charge in [-0.05, 0) is 12.8 Å². The lowest BCUT2D eigenvalue weighted by Crippen LogP contribution is -2.29. The Balaban J connectivity index is 2.69. The average molecular weight is 306 g/mol. The van der Waals surface area contributed by atoms with Gasteiger partial charge in [0.05, 0.1) is 6.42 Å². The first-order valence-corrected chi connectivity index (χ1v) is 5.69. The minimum atomic E-state index is -4.35. The Labute approximate surface area is 103 Å². The molecule has 0 saturated heterocycles. The monoisotopic (exact) mass is 305 g/mol. The summed E-state index contributed by atoms with van der Waals surface area (Å²) in [4.78, 5) is 0. The fourth-order valence-corrected chi connectivity index (χ4v) is 2.34. The number of halogens is 4. The number of nitrogens with zero attached hydrogens (tertiary/aromatic N) is 1. The molecule has 0 saturated carbocycles. The first-order valence-electron chi connectivity index (χ1n) is 4.90. The van der Waals surface area contributed by atoms with Crippen molar-refractivity contribution in [2.24, 2.45) is 0 Å².